The molecule has 0 aliphatic heterocycles. The van der Waals surface area contributed by atoms with Gasteiger partial charge in [-0.1, -0.05) is 87.4 Å². The van der Waals surface area contributed by atoms with Gasteiger partial charge in [-0.25, -0.2) is 9.97 Å². The Morgan fingerprint density at radius 1 is 1.05 bits per heavy atom. The highest BCUT2D eigenvalue weighted by molar-refractivity contribution is 5.95. The number of benzene rings is 2. The first-order valence-electron chi connectivity index (χ1n) is 13.6. The number of aromatic nitrogens is 2. The van der Waals surface area contributed by atoms with E-state index in [2.05, 4.69) is 120 Å². The van der Waals surface area contributed by atoms with Gasteiger partial charge in [0.05, 0.1) is 5.52 Å². The van der Waals surface area contributed by atoms with Gasteiger partial charge in [0.1, 0.15) is 0 Å². The van der Waals surface area contributed by atoms with Crippen molar-refractivity contribution in [2.75, 3.05) is 5.32 Å². The molecule has 2 aromatic carbocycles. The molecule has 3 aromatic rings. The van der Waals surface area contributed by atoms with E-state index in [1.807, 2.05) is 6.20 Å². The Balaban J connectivity index is 1.71. The highest BCUT2D eigenvalue weighted by Crippen LogP contribution is 2.35. The number of hydrogen-bond acceptors (Lipinski definition) is 3. The molecule has 1 aromatic heterocycles. The van der Waals surface area contributed by atoms with Crippen molar-refractivity contribution < 1.29 is 0 Å². The maximum atomic E-state index is 5.01. The Morgan fingerprint density at radius 2 is 1.78 bits per heavy atom. The number of anilines is 1. The normalized spacial score (nSPS) is 18.1. The third-order valence-electron chi connectivity index (χ3n) is 7.70. The molecule has 0 amide bonds. The largest absolute Gasteiger partial charge is 0.324 e. The number of nitrogens with zero attached hydrogens (tertiary/aromatic N) is 2. The molecule has 3 heteroatoms. The van der Waals surface area contributed by atoms with E-state index < -0.39 is 0 Å². The van der Waals surface area contributed by atoms with Crippen LogP contribution >= 0.6 is 0 Å². The number of rotatable bonds is 7. The van der Waals surface area contributed by atoms with Gasteiger partial charge in [-0.2, -0.15) is 0 Å². The van der Waals surface area contributed by atoms with Crippen LogP contribution in [0.15, 0.2) is 83.2 Å². The topological polar surface area (TPSA) is 37.8 Å². The van der Waals surface area contributed by atoms with Gasteiger partial charge in [-0.3, -0.25) is 0 Å². The molecule has 0 spiro atoms. The lowest BCUT2D eigenvalue weighted by Crippen LogP contribution is -2.09. The minimum absolute atomic E-state index is 0.366. The summed E-state index contributed by atoms with van der Waals surface area (Å²) >= 11 is 0. The molecule has 4 rings (SSSR count). The van der Waals surface area contributed by atoms with Gasteiger partial charge >= 0.3 is 0 Å². The van der Waals surface area contributed by atoms with Crippen molar-refractivity contribution in [3.05, 3.63) is 99.9 Å². The molecule has 0 radical (unpaired) electrons. The van der Waals surface area contributed by atoms with E-state index in [-0.39, 0.29) is 0 Å². The van der Waals surface area contributed by atoms with Crippen molar-refractivity contribution >= 4 is 16.9 Å². The fraction of sp³-hybridized carbons (Fsp3) is 0.353. The zero-order valence-corrected chi connectivity index (χ0v) is 23.7. The third-order valence-corrected chi connectivity index (χ3v) is 7.70. The van der Waals surface area contributed by atoms with Gasteiger partial charge in [-0.15, -0.1) is 0 Å². The summed E-state index contributed by atoms with van der Waals surface area (Å²) in [6.07, 6.45) is 13.1. The first kappa shape index (κ1) is 26.6. The first-order valence-corrected chi connectivity index (χ1v) is 13.6. The van der Waals surface area contributed by atoms with E-state index in [0.717, 1.165) is 35.0 Å². The average Bonchev–Trinajstić information content (AvgIpc) is 2.88. The van der Waals surface area contributed by atoms with Crippen LogP contribution in [-0.2, 0) is 0 Å². The minimum Gasteiger partial charge on any atom is -0.324 e. The maximum Gasteiger partial charge on any atom is 0.227 e. The summed E-state index contributed by atoms with van der Waals surface area (Å²) in [7, 11) is 0. The lowest BCUT2D eigenvalue weighted by atomic mass is 9.88. The summed E-state index contributed by atoms with van der Waals surface area (Å²) in [5, 5.41) is 4.51. The quantitative estimate of drug-likeness (QED) is 0.334. The standard InChI is InChI=1S/C34H41N3/c1-9-21(3)16-23(5)28-17-25(7)32(26(8)18-28)31-13-11-12-27-20-35-34(37-33(27)31)36-29-14-15-30(22(4)10-2)24(6)19-29/h11-20,23-24H,9-10H2,1-8H3,(H,35,36,37)/b21-16-,30-22+. The van der Waals surface area contributed by atoms with Crippen LogP contribution in [-0.4, -0.2) is 9.97 Å². The predicted molar refractivity (Wildman–Crippen MR) is 160 cm³/mol. The van der Waals surface area contributed by atoms with Gasteiger partial charge in [-0.05, 0) is 80.4 Å². The zero-order chi connectivity index (χ0) is 26.7. The third kappa shape index (κ3) is 5.77. The molecule has 192 valence electrons. The molecule has 0 saturated carbocycles. The van der Waals surface area contributed by atoms with Crippen LogP contribution in [0.2, 0.25) is 0 Å². The molecular weight excluding hydrogens is 450 g/mol. The Morgan fingerprint density at radius 3 is 2.43 bits per heavy atom. The summed E-state index contributed by atoms with van der Waals surface area (Å²) in [5.74, 6) is 1.39. The van der Waals surface area contributed by atoms with E-state index in [4.69, 9.17) is 4.98 Å². The Labute approximate surface area is 223 Å². The zero-order valence-electron chi connectivity index (χ0n) is 23.7. The lowest BCUT2D eigenvalue weighted by Gasteiger charge is -2.19. The van der Waals surface area contributed by atoms with Crippen molar-refractivity contribution in [2.24, 2.45) is 5.92 Å². The van der Waals surface area contributed by atoms with Crippen LogP contribution in [0.3, 0.4) is 0 Å². The number of para-hydroxylation sites is 1. The Hall–Kier alpha value is -3.46. The molecule has 3 nitrogen and oxygen atoms in total. The van der Waals surface area contributed by atoms with Gasteiger partial charge in [0.25, 0.3) is 0 Å². The maximum absolute atomic E-state index is 5.01. The van der Waals surface area contributed by atoms with Crippen molar-refractivity contribution in [2.45, 2.75) is 74.1 Å². The molecule has 1 N–H and O–H groups in total. The van der Waals surface area contributed by atoms with Crippen LogP contribution in [0.1, 0.15) is 77.0 Å². The summed E-state index contributed by atoms with van der Waals surface area (Å²) < 4.78 is 0. The number of fused-ring (bicyclic) bond motifs is 1. The molecule has 0 saturated heterocycles. The van der Waals surface area contributed by atoms with Crippen LogP contribution in [0.25, 0.3) is 22.0 Å². The Bertz CT molecular complexity index is 1410. The molecule has 37 heavy (non-hydrogen) atoms. The van der Waals surface area contributed by atoms with E-state index >= 15 is 0 Å². The lowest BCUT2D eigenvalue weighted by molar-refractivity contribution is 0.841. The van der Waals surface area contributed by atoms with Gasteiger partial charge < -0.3 is 5.32 Å². The second-order valence-corrected chi connectivity index (χ2v) is 10.6. The first-order chi connectivity index (χ1) is 17.7. The predicted octanol–water partition coefficient (Wildman–Crippen LogP) is 9.60. The van der Waals surface area contributed by atoms with Crippen LogP contribution < -0.4 is 5.32 Å². The minimum atomic E-state index is 0.366. The fourth-order valence-corrected chi connectivity index (χ4v) is 5.34. The SMILES string of the molecule is CC/C(C)=C\C(C)c1cc(C)c(-c2cccc3cnc(NC4=CC(C)/C(=C(\C)CC)C=C4)nc23)c(C)c1. The number of nitrogens with one attached hydrogen (secondary N) is 1. The highest BCUT2D eigenvalue weighted by atomic mass is 15.1. The molecule has 1 aliphatic rings. The number of aryl methyl sites for hydroxylation is 2. The van der Waals surface area contributed by atoms with Gasteiger partial charge in [0, 0.05) is 28.8 Å². The summed E-state index contributed by atoms with van der Waals surface area (Å²) in [6, 6.07) is 11.1. The number of hydrogen-bond donors (Lipinski definition) is 1. The molecule has 2 atom stereocenters. The molecule has 2 unspecified atom stereocenters. The summed E-state index contributed by atoms with van der Waals surface area (Å²) in [5.41, 5.74) is 12.6. The van der Waals surface area contributed by atoms with Gasteiger partial charge in [0.2, 0.25) is 5.95 Å². The Kier molecular flexibility index (Phi) is 8.12. The van der Waals surface area contributed by atoms with Gasteiger partial charge in [0.15, 0.2) is 0 Å². The van der Waals surface area contributed by atoms with E-state index in [0.29, 0.717) is 17.8 Å². The monoisotopic (exact) mass is 491 g/mol. The second kappa shape index (κ2) is 11.3. The van der Waals surface area contributed by atoms with Crippen molar-refractivity contribution in [3.63, 3.8) is 0 Å². The van der Waals surface area contributed by atoms with E-state index in [1.54, 1.807) is 0 Å². The van der Waals surface area contributed by atoms with Crippen LogP contribution in [0, 0.1) is 19.8 Å². The van der Waals surface area contributed by atoms with Crippen molar-refractivity contribution in [1.82, 2.24) is 9.97 Å². The smallest absolute Gasteiger partial charge is 0.227 e. The molecule has 0 bridgehead atoms. The molecule has 1 heterocycles. The van der Waals surface area contributed by atoms with E-state index in [1.165, 1.54) is 39.0 Å². The van der Waals surface area contributed by atoms with Crippen LogP contribution in [0.5, 0.6) is 0 Å². The second-order valence-electron chi connectivity index (χ2n) is 10.6. The number of allylic oxidation sites excluding steroid dienone is 7. The van der Waals surface area contributed by atoms with Crippen molar-refractivity contribution in [3.8, 4) is 11.1 Å². The molecule has 1 aliphatic carbocycles. The fourth-order valence-electron chi connectivity index (χ4n) is 5.34. The van der Waals surface area contributed by atoms with Crippen LogP contribution in [0.4, 0.5) is 5.95 Å². The summed E-state index contributed by atoms with van der Waals surface area (Å²) in [6.45, 7) is 17.8. The van der Waals surface area contributed by atoms with E-state index in [9.17, 15) is 0 Å². The highest BCUT2D eigenvalue weighted by Gasteiger charge is 2.16. The molecular formula is C34H41N3. The van der Waals surface area contributed by atoms with Crippen molar-refractivity contribution in [1.29, 1.82) is 0 Å². The molecule has 0 fully saturated rings. The summed E-state index contributed by atoms with van der Waals surface area (Å²) in [4.78, 5) is 9.65. The average molecular weight is 492 g/mol.